The van der Waals surface area contributed by atoms with Gasteiger partial charge in [-0.2, -0.15) is 0 Å². The van der Waals surface area contributed by atoms with E-state index in [-0.39, 0.29) is 24.7 Å². The number of anilines is 1. The number of benzene rings is 2. The summed E-state index contributed by atoms with van der Waals surface area (Å²) in [6.07, 6.45) is -0.0525. The first-order valence-corrected chi connectivity index (χ1v) is 8.90. The van der Waals surface area contributed by atoms with Crippen LogP contribution in [0.15, 0.2) is 54.6 Å². The van der Waals surface area contributed by atoms with Crippen molar-refractivity contribution in [2.75, 3.05) is 12.4 Å². The van der Waals surface area contributed by atoms with Crippen LogP contribution in [0.3, 0.4) is 0 Å². The van der Waals surface area contributed by atoms with E-state index in [1.54, 1.807) is 24.3 Å². The minimum absolute atomic E-state index is 0.0525. The van der Waals surface area contributed by atoms with Crippen molar-refractivity contribution in [2.45, 2.75) is 25.9 Å². The van der Waals surface area contributed by atoms with Crippen LogP contribution >= 0.6 is 0 Å². The molecule has 1 N–H and O–H groups in total. The Balaban J connectivity index is 1.68. The Hall–Kier alpha value is -3.48. The monoisotopic (exact) mass is 379 g/mol. The number of rotatable bonds is 5. The fraction of sp³-hybridized carbons (Fsp3) is 0.238. The lowest BCUT2D eigenvalue weighted by molar-refractivity contribution is -0.140. The number of carbonyl (C=O) groups excluding carboxylic acids is 4. The fourth-order valence-corrected chi connectivity index (χ4v) is 3.07. The van der Waals surface area contributed by atoms with Gasteiger partial charge in [-0.1, -0.05) is 42.5 Å². The van der Waals surface area contributed by atoms with Crippen LogP contribution < -0.4 is 5.32 Å². The van der Waals surface area contributed by atoms with Gasteiger partial charge in [-0.3, -0.25) is 19.3 Å². The Kier molecular flexibility index (Phi) is 5.54. The number of hydrogen-bond donors (Lipinski definition) is 1. The number of nitrogens with zero attached hydrogens (tertiary/aromatic N) is 2. The van der Waals surface area contributed by atoms with Crippen molar-refractivity contribution in [1.82, 2.24) is 9.80 Å². The van der Waals surface area contributed by atoms with Gasteiger partial charge in [0.1, 0.15) is 6.04 Å². The molecule has 2 aromatic carbocycles. The van der Waals surface area contributed by atoms with Crippen LogP contribution in [0, 0.1) is 0 Å². The summed E-state index contributed by atoms with van der Waals surface area (Å²) in [5.74, 6) is -0.821. The zero-order valence-electron chi connectivity index (χ0n) is 15.7. The first-order chi connectivity index (χ1) is 13.4. The lowest BCUT2D eigenvalue weighted by Crippen LogP contribution is -2.44. The number of urea groups is 1. The Morgan fingerprint density at radius 3 is 2.50 bits per heavy atom. The third kappa shape index (κ3) is 4.09. The molecule has 1 aliphatic heterocycles. The van der Waals surface area contributed by atoms with Gasteiger partial charge in [0.15, 0.2) is 5.78 Å². The fourth-order valence-electron chi connectivity index (χ4n) is 3.07. The van der Waals surface area contributed by atoms with Crippen molar-refractivity contribution in [1.29, 1.82) is 0 Å². The minimum atomic E-state index is -0.854. The number of imide groups is 1. The highest BCUT2D eigenvalue weighted by molar-refractivity contribution is 6.07. The number of hydrogen-bond acceptors (Lipinski definition) is 4. The average Bonchev–Trinajstić information content (AvgIpc) is 2.96. The molecule has 28 heavy (non-hydrogen) atoms. The minimum Gasteiger partial charge on any atom is -0.315 e. The van der Waals surface area contributed by atoms with Gasteiger partial charge in [0.05, 0.1) is 13.0 Å². The maximum Gasteiger partial charge on any atom is 0.322 e. The van der Waals surface area contributed by atoms with Crippen molar-refractivity contribution < 1.29 is 19.2 Å². The summed E-state index contributed by atoms with van der Waals surface area (Å²) in [6.45, 7) is 1.63. The molecule has 1 fully saturated rings. The van der Waals surface area contributed by atoms with Gasteiger partial charge in [0.25, 0.3) is 5.91 Å². The van der Waals surface area contributed by atoms with E-state index in [1.807, 2.05) is 30.3 Å². The molecule has 1 atom stereocenters. The highest BCUT2D eigenvalue weighted by atomic mass is 16.2. The van der Waals surface area contributed by atoms with E-state index >= 15 is 0 Å². The Labute approximate surface area is 162 Å². The Morgan fingerprint density at radius 1 is 1.11 bits per heavy atom. The molecule has 1 heterocycles. The summed E-state index contributed by atoms with van der Waals surface area (Å²) in [7, 11) is 1.48. The summed E-state index contributed by atoms with van der Waals surface area (Å²) >= 11 is 0. The van der Waals surface area contributed by atoms with Gasteiger partial charge >= 0.3 is 6.03 Å². The van der Waals surface area contributed by atoms with E-state index in [1.165, 1.54) is 23.8 Å². The van der Waals surface area contributed by atoms with Gasteiger partial charge in [-0.05, 0) is 24.6 Å². The number of amides is 4. The predicted octanol–water partition coefficient (Wildman–Crippen LogP) is 2.68. The first kappa shape index (κ1) is 19.3. The topological polar surface area (TPSA) is 86.8 Å². The van der Waals surface area contributed by atoms with E-state index in [4.69, 9.17) is 0 Å². The highest BCUT2D eigenvalue weighted by Crippen LogP contribution is 2.21. The maximum absolute atomic E-state index is 12.7. The zero-order valence-corrected chi connectivity index (χ0v) is 15.7. The molecule has 7 nitrogen and oxygen atoms in total. The highest BCUT2D eigenvalue weighted by Gasteiger charge is 2.42. The van der Waals surface area contributed by atoms with Gasteiger partial charge in [-0.25, -0.2) is 4.79 Å². The molecule has 0 spiro atoms. The molecule has 2 aromatic rings. The van der Waals surface area contributed by atoms with E-state index in [0.29, 0.717) is 11.3 Å². The van der Waals surface area contributed by atoms with Crippen LogP contribution in [0.2, 0.25) is 0 Å². The normalized spacial score (nSPS) is 16.2. The molecule has 0 aromatic heterocycles. The van der Waals surface area contributed by atoms with Gasteiger partial charge < -0.3 is 10.2 Å². The van der Waals surface area contributed by atoms with Crippen molar-refractivity contribution in [2.24, 2.45) is 0 Å². The molecule has 1 saturated heterocycles. The van der Waals surface area contributed by atoms with Gasteiger partial charge in [-0.15, -0.1) is 0 Å². The molecule has 0 aliphatic carbocycles. The molecule has 7 heteroatoms. The Bertz CT molecular complexity index is 926. The van der Waals surface area contributed by atoms with Crippen LogP contribution in [0.1, 0.15) is 29.3 Å². The van der Waals surface area contributed by atoms with E-state index in [0.717, 1.165) is 5.56 Å². The summed E-state index contributed by atoms with van der Waals surface area (Å²) in [5.41, 5.74) is 1.77. The molecular weight excluding hydrogens is 358 g/mol. The second-order valence-corrected chi connectivity index (χ2v) is 6.70. The third-order valence-corrected chi connectivity index (χ3v) is 4.71. The smallest absolute Gasteiger partial charge is 0.315 e. The number of likely N-dealkylation sites (tertiary alicyclic amines) is 1. The number of Topliss-reactive ketones (excluding diaryl/α,β-unsaturated/α-hetero) is 1. The number of nitrogens with one attached hydrogen (secondary N) is 1. The molecule has 1 aliphatic rings. The molecule has 3 rings (SSSR count). The largest absolute Gasteiger partial charge is 0.322 e. The van der Waals surface area contributed by atoms with Crippen molar-refractivity contribution in [3.8, 4) is 0 Å². The summed E-state index contributed by atoms with van der Waals surface area (Å²) in [5, 5.41) is 2.67. The molecule has 0 saturated carbocycles. The maximum atomic E-state index is 12.7. The van der Waals surface area contributed by atoms with Crippen LogP contribution in [-0.4, -0.2) is 46.5 Å². The molecule has 4 amide bonds. The van der Waals surface area contributed by atoms with Crippen LogP contribution in [0.25, 0.3) is 0 Å². The van der Waals surface area contributed by atoms with Gasteiger partial charge in [0, 0.05) is 18.3 Å². The molecule has 0 bridgehead atoms. The molecular formula is C21H21N3O4. The second kappa shape index (κ2) is 8.04. The Morgan fingerprint density at radius 2 is 1.82 bits per heavy atom. The lowest BCUT2D eigenvalue weighted by Gasteiger charge is -2.23. The predicted molar refractivity (Wildman–Crippen MR) is 104 cm³/mol. The van der Waals surface area contributed by atoms with E-state index in [2.05, 4.69) is 5.32 Å². The SMILES string of the molecule is CC(=O)c1cccc(NC(=O)N(C)[C@@H]2CC(=O)N(Cc3ccccc3)C2=O)c1. The first-order valence-electron chi connectivity index (χ1n) is 8.90. The average molecular weight is 379 g/mol. The molecule has 0 radical (unpaired) electrons. The van der Waals surface area contributed by atoms with E-state index in [9.17, 15) is 19.2 Å². The van der Waals surface area contributed by atoms with Crippen LogP contribution in [-0.2, 0) is 16.1 Å². The number of likely N-dealkylation sites (N-methyl/N-ethyl adjacent to an activating group) is 1. The van der Waals surface area contributed by atoms with Gasteiger partial charge in [0.2, 0.25) is 5.91 Å². The third-order valence-electron chi connectivity index (χ3n) is 4.71. The van der Waals surface area contributed by atoms with E-state index < -0.39 is 18.0 Å². The van der Waals surface area contributed by atoms with Crippen LogP contribution in [0.4, 0.5) is 10.5 Å². The van der Waals surface area contributed by atoms with Crippen molar-refractivity contribution >= 4 is 29.3 Å². The number of carbonyl (C=O) groups is 4. The molecule has 144 valence electrons. The standard InChI is InChI=1S/C21H21N3O4/c1-14(25)16-9-6-10-17(11-16)22-21(28)23(2)18-12-19(26)24(20(18)27)13-15-7-4-3-5-8-15/h3-11,18H,12-13H2,1-2H3,(H,22,28)/t18-/m1/s1. The quantitative estimate of drug-likeness (QED) is 0.639. The van der Waals surface area contributed by atoms with Crippen molar-refractivity contribution in [3.05, 3.63) is 65.7 Å². The molecule has 0 unspecified atom stereocenters. The zero-order chi connectivity index (χ0) is 20.3. The van der Waals surface area contributed by atoms with Crippen molar-refractivity contribution in [3.63, 3.8) is 0 Å². The second-order valence-electron chi connectivity index (χ2n) is 6.70. The lowest BCUT2D eigenvalue weighted by atomic mass is 10.1. The summed E-state index contributed by atoms with van der Waals surface area (Å²) < 4.78 is 0. The van der Waals surface area contributed by atoms with Crippen LogP contribution in [0.5, 0.6) is 0 Å². The summed E-state index contributed by atoms with van der Waals surface area (Å²) in [4.78, 5) is 51.4. The summed E-state index contributed by atoms with van der Waals surface area (Å²) in [6, 6.07) is 14.4. The number of ketones is 1.